The van der Waals surface area contributed by atoms with Crippen LogP contribution in [0.4, 0.5) is 0 Å². The van der Waals surface area contributed by atoms with E-state index in [1.807, 2.05) is 36.5 Å². The van der Waals surface area contributed by atoms with Crippen LogP contribution in [0.25, 0.3) is 0 Å². The fourth-order valence-corrected chi connectivity index (χ4v) is 2.56. The lowest BCUT2D eigenvalue weighted by Gasteiger charge is -2.09. The van der Waals surface area contributed by atoms with Crippen LogP contribution < -0.4 is 0 Å². The van der Waals surface area contributed by atoms with Gasteiger partial charge in [-0.1, -0.05) is 36.5 Å². The Hall–Kier alpha value is -2.44. The molecule has 0 aromatic carbocycles. The molecule has 168 valence electrons. The van der Waals surface area contributed by atoms with E-state index in [1.165, 1.54) is 0 Å². The zero-order valence-corrected chi connectivity index (χ0v) is 17.9. The lowest BCUT2D eigenvalue weighted by molar-refractivity contribution is -0.136. The number of carboxylic acid groups (broad SMARTS) is 2. The van der Waals surface area contributed by atoms with Crippen molar-refractivity contribution in [3.8, 4) is 0 Å². The third-order valence-corrected chi connectivity index (χ3v) is 4.19. The van der Waals surface area contributed by atoms with E-state index < -0.39 is 11.9 Å². The summed E-state index contributed by atoms with van der Waals surface area (Å²) in [4.78, 5) is 23.0. The topological polar surface area (TPSA) is 93.1 Å². The molecule has 6 nitrogen and oxygen atoms in total. The van der Waals surface area contributed by atoms with E-state index in [9.17, 15) is 19.8 Å². The number of aliphatic carboxylic acids is 2. The van der Waals surface area contributed by atoms with Gasteiger partial charge in [-0.15, -0.1) is 13.2 Å². The molecule has 0 aromatic rings. The smallest absolute Gasteiger partial charge is 0.332 e. The molecular formula is C24H36O6. The molecule has 0 spiro atoms. The van der Waals surface area contributed by atoms with E-state index in [0.717, 1.165) is 38.5 Å². The minimum absolute atomic E-state index is 0.0322. The average molecular weight is 421 g/mol. The number of carboxylic acids is 2. The highest BCUT2D eigenvalue weighted by molar-refractivity contribution is 5.98. The lowest BCUT2D eigenvalue weighted by Crippen LogP contribution is -2.15. The van der Waals surface area contributed by atoms with Crippen molar-refractivity contribution in [1.82, 2.24) is 0 Å². The molecule has 0 atom stereocenters. The molecule has 0 saturated heterocycles. The fourth-order valence-electron chi connectivity index (χ4n) is 2.56. The van der Waals surface area contributed by atoms with Gasteiger partial charge in [0.05, 0.1) is 26.4 Å². The number of ether oxygens (including phenoxy) is 2. The Morgan fingerprint density at radius 2 is 1.07 bits per heavy atom. The minimum Gasteiger partial charge on any atom is -0.478 e. The fraction of sp³-hybridized carbons (Fsp3) is 0.500. The minimum atomic E-state index is -1.24. The average Bonchev–Trinajstić information content (AvgIpc) is 2.71. The van der Waals surface area contributed by atoms with Crippen molar-refractivity contribution in [1.29, 1.82) is 0 Å². The van der Waals surface area contributed by atoms with E-state index in [4.69, 9.17) is 9.47 Å². The van der Waals surface area contributed by atoms with E-state index >= 15 is 0 Å². The second-order valence-electron chi connectivity index (χ2n) is 6.60. The van der Waals surface area contributed by atoms with Gasteiger partial charge < -0.3 is 19.7 Å². The second kappa shape index (κ2) is 19.9. The Bertz CT molecular complexity index is 549. The van der Waals surface area contributed by atoms with Crippen LogP contribution >= 0.6 is 0 Å². The highest BCUT2D eigenvalue weighted by Gasteiger charge is 2.19. The Morgan fingerprint density at radius 1 is 0.667 bits per heavy atom. The van der Waals surface area contributed by atoms with Crippen molar-refractivity contribution in [2.24, 2.45) is 0 Å². The van der Waals surface area contributed by atoms with Gasteiger partial charge in [0.25, 0.3) is 0 Å². The maximum atomic E-state index is 11.5. The van der Waals surface area contributed by atoms with Gasteiger partial charge in [0.1, 0.15) is 0 Å². The van der Waals surface area contributed by atoms with Crippen LogP contribution in [0.3, 0.4) is 0 Å². The molecule has 0 unspecified atom stereocenters. The highest BCUT2D eigenvalue weighted by atomic mass is 16.5. The third-order valence-electron chi connectivity index (χ3n) is 4.19. The third kappa shape index (κ3) is 15.5. The largest absolute Gasteiger partial charge is 0.478 e. The molecule has 0 aliphatic heterocycles. The Balaban J connectivity index is 4.39. The molecule has 0 saturated carbocycles. The second-order valence-corrected chi connectivity index (χ2v) is 6.60. The number of unbranched alkanes of at least 4 members (excludes halogenated alkanes) is 4. The predicted molar refractivity (Wildman–Crippen MR) is 120 cm³/mol. The number of hydrogen-bond acceptors (Lipinski definition) is 4. The molecule has 30 heavy (non-hydrogen) atoms. The van der Waals surface area contributed by atoms with Crippen LogP contribution in [0.15, 0.2) is 60.8 Å². The van der Waals surface area contributed by atoms with Crippen molar-refractivity contribution in [2.75, 3.05) is 26.4 Å². The predicted octanol–water partition coefficient (Wildman–Crippen LogP) is 5.09. The van der Waals surface area contributed by atoms with Crippen molar-refractivity contribution in [3.05, 3.63) is 60.8 Å². The van der Waals surface area contributed by atoms with Crippen LogP contribution in [0.5, 0.6) is 0 Å². The maximum absolute atomic E-state index is 11.5. The summed E-state index contributed by atoms with van der Waals surface area (Å²) in [6, 6.07) is 0. The first-order valence-corrected chi connectivity index (χ1v) is 10.4. The van der Waals surface area contributed by atoms with Gasteiger partial charge in [-0.2, -0.15) is 0 Å². The summed E-state index contributed by atoms with van der Waals surface area (Å²) in [6.45, 7) is 8.35. The summed E-state index contributed by atoms with van der Waals surface area (Å²) < 4.78 is 10.8. The van der Waals surface area contributed by atoms with Gasteiger partial charge in [0.2, 0.25) is 0 Å². The number of allylic oxidation sites excluding steroid dienone is 4. The molecule has 0 radical (unpaired) electrons. The molecule has 6 heteroatoms. The Labute approximate surface area is 180 Å². The summed E-state index contributed by atoms with van der Waals surface area (Å²) >= 11 is 0. The standard InChI is InChI=1S/C24H36O6/c1-3-5-7-9-11-13-17-29-19-15-21(23(25)26)22(24(27)28)16-20-30-18-14-12-10-8-6-4-2/h3-4,11-14H,1-2,5-10,15-20H2,(H,25,26)(H,27,28)/b13-11?,14-12?,22-21-. The number of hydrogen-bond donors (Lipinski definition) is 2. The van der Waals surface area contributed by atoms with Crippen LogP contribution in [0.2, 0.25) is 0 Å². The Kier molecular flexibility index (Phi) is 18.2. The molecule has 0 aliphatic carbocycles. The first-order chi connectivity index (χ1) is 14.5. The zero-order valence-electron chi connectivity index (χ0n) is 17.9. The van der Waals surface area contributed by atoms with Crippen molar-refractivity contribution in [3.63, 3.8) is 0 Å². The van der Waals surface area contributed by atoms with E-state index in [2.05, 4.69) is 13.2 Å². The summed E-state index contributed by atoms with van der Waals surface area (Å²) in [6.07, 6.45) is 17.4. The van der Waals surface area contributed by atoms with Crippen LogP contribution in [-0.2, 0) is 19.1 Å². The molecule has 2 N–H and O–H groups in total. The summed E-state index contributed by atoms with van der Waals surface area (Å²) in [5.41, 5.74) is -0.276. The van der Waals surface area contributed by atoms with E-state index in [1.54, 1.807) is 0 Å². The van der Waals surface area contributed by atoms with Gasteiger partial charge in [0.15, 0.2) is 0 Å². The van der Waals surface area contributed by atoms with Gasteiger partial charge >= 0.3 is 11.9 Å². The van der Waals surface area contributed by atoms with E-state index in [0.29, 0.717) is 13.2 Å². The Morgan fingerprint density at radius 3 is 1.40 bits per heavy atom. The van der Waals surface area contributed by atoms with Crippen LogP contribution in [-0.4, -0.2) is 48.6 Å². The summed E-state index contributed by atoms with van der Waals surface area (Å²) in [5.74, 6) is -2.48. The maximum Gasteiger partial charge on any atom is 0.332 e. The first kappa shape index (κ1) is 27.6. The van der Waals surface area contributed by atoms with E-state index in [-0.39, 0.29) is 37.2 Å². The molecule has 0 aliphatic rings. The monoisotopic (exact) mass is 420 g/mol. The SMILES string of the molecule is C=CCCCC=CCOCC/C(C(=O)O)=C(\CCOCC=CCCCC=C)C(=O)O. The molecule has 0 rings (SSSR count). The summed E-state index contributed by atoms with van der Waals surface area (Å²) in [7, 11) is 0. The quantitative estimate of drug-likeness (QED) is 0.162. The normalized spacial score (nSPS) is 12.3. The molecule has 0 heterocycles. The van der Waals surface area contributed by atoms with Gasteiger partial charge in [-0.3, -0.25) is 0 Å². The van der Waals surface area contributed by atoms with Crippen LogP contribution in [0.1, 0.15) is 51.4 Å². The molecule has 0 amide bonds. The van der Waals surface area contributed by atoms with Gasteiger partial charge in [-0.05, 0) is 38.5 Å². The van der Waals surface area contributed by atoms with Gasteiger partial charge in [0, 0.05) is 24.0 Å². The number of carbonyl (C=O) groups is 2. The number of rotatable bonds is 20. The van der Waals surface area contributed by atoms with Gasteiger partial charge in [-0.25, -0.2) is 9.59 Å². The molecular weight excluding hydrogens is 384 g/mol. The molecule has 0 aromatic heterocycles. The van der Waals surface area contributed by atoms with Crippen molar-refractivity contribution < 1.29 is 29.3 Å². The molecule has 0 fully saturated rings. The highest BCUT2D eigenvalue weighted by Crippen LogP contribution is 2.14. The first-order valence-electron chi connectivity index (χ1n) is 10.4. The van der Waals surface area contributed by atoms with Crippen molar-refractivity contribution >= 4 is 11.9 Å². The molecule has 0 bridgehead atoms. The van der Waals surface area contributed by atoms with Crippen molar-refractivity contribution in [2.45, 2.75) is 51.4 Å². The van der Waals surface area contributed by atoms with Crippen LogP contribution in [0, 0.1) is 0 Å². The zero-order chi connectivity index (χ0) is 22.5. The lowest BCUT2D eigenvalue weighted by atomic mass is 10.0. The summed E-state index contributed by atoms with van der Waals surface area (Å²) in [5, 5.41) is 18.8.